The first kappa shape index (κ1) is 17.8. The third-order valence-electron chi connectivity index (χ3n) is 2.69. The van der Waals surface area contributed by atoms with Crippen LogP contribution in [-0.2, 0) is 9.47 Å². The molecule has 0 unspecified atom stereocenters. The lowest BCUT2D eigenvalue weighted by Gasteiger charge is -2.20. The van der Waals surface area contributed by atoms with Crippen molar-refractivity contribution < 1.29 is 19.1 Å². The molecule has 0 bridgehead atoms. The Morgan fingerprint density at radius 1 is 1.27 bits per heavy atom. The second-order valence-electron chi connectivity index (χ2n) is 6.02. The van der Waals surface area contributed by atoms with Crippen LogP contribution >= 0.6 is 0 Å². The van der Waals surface area contributed by atoms with Crippen molar-refractivity contribution in [1.82, 2.24) is 0 Å². The first-order chi connectivity index (χ1) is 10.1. The smallest absolute Gasteiger partial charge is 0.412 e. The molecule has 0 aromatic heterocycles. The van der Waals surface area contributed by atoms with Crippen LogP contribution in [0, 0.1) is 6.92 Å². The largest absolute Gasteiger partial charge is 0.462 e. The molecular weight excluding hydrogens is 284 g/mol. The van der Waals surface area contributed by atoms with Gasteiger partial charge in [-0.1, -0.05) is 6.92 Å². The fourth-order valence-corrected chi connectivity index (χ4v) is 1.73. The van der Waals surface area contributed by atoms with Crippen LogP contribution in [0.25, 0.3) is 0 Å². The Morgan fingerprint density at radius 2 is 1.91 bits per heavy atom. The van der Waals surface area contributed by atoms with Crippen molar-refractivity contribution in [2.45, 2.75) is 46.6 Å². The first-order valence-corrected chi connectivity index (χ1v) is 7.21. The van der Waals surface area contributed by atoms with Gasteiger partial charge in [-0.15, -0.1) is 0 Å². The summed E-state index contributed by atoms with van der Waals surface area (Å²) in [6.45, 7) is 9.30. The summed E-state index contributed by atoms with van der Waals surface area (Å²) in [6.07, 6.45) is 0.130. The standard InChI is InChI=1S/C16H24N2O4/c1-6-7-21-14(19)12-9-11(8-10(2)13(12)17)18-15(20)22-16(3,4)5/h8-9H,6-7,17H2,1-5H3,(H,18,20). The molecule has 22 heavy (non-hydrogen) atoms. The molecule has 1 amide bonds. The van der Waals surface area contributed by atoms with Gasteiger partial charge in [0.15, 0.2) is 0 Å². The van der Waals surface area contributed by atoms with Crippen LogP contribution in [0.4, 0.5) is 16.2 Å². The lowest BCUT2D eigenvalue weighted by molar-refractivity contribution is 0.0505. The number of benzene rings is 1. The molecule has 0 atom stereocenters. The van der Waals surface area contributed by atoms with E-state index in [1.165, 1.54) is 6.07 Å². The van der Waals surface area contributed by atoms with Gasteiger partial charge in [-0.2, -0.15) is 0 Å². The number of carbonyl (C=O) groups excluding carboxylic acids is 2. The van der Waals surface area contributed by atoms with Crippen LogP contribution in [0.1, 0.15) is 50.0 Å². The molecule has 0 radical (unpaired) electrons. The Labute approximate surface area is 131 Å². The average molecular weight is 308 g/mol. The van der Waals surface area contributed by atoms with Crippen molar-refractivity contribution >= 4 is 23.4 Å². The summed E-state index contributed by atoms with van der Waals surface area (Å²) in [5.41, 5.74) is 7.00. The molecule has 3 N–H and O–H groups in total. The number of anilines is 2. The molecule has 0 spiro atoms. The Balaban J connectivity index is 2.96. The summed E-state index contributed by atoms with van der Waals surface area (Å²) >= 11 is 0. The summed E-state index contributed by atoms with van der Waals surface area (Å²) in [5, 5.41) is 2.59. The predicted octanol–water partition coefficient (Wildman–Crippen LogP) is 3.49. The van der Waals surface area contributed by atoms with Crippen LogP contribution in [-0.4, -0.2) is 24.3 Å². The van der Waals surface area contributed by atoms with Gasteiger partial charge >= 0.3 is 12.1 Å². The van der Waals surface area contributed by atoms with Crippen LogP contribution in [0.2, 0.25) is 0 Å². The average Bonchev–Trinajstić information content (AvgIpc) is 2.37. The van der Waals surface area contributed by atoms with Crippen molar-refractivity contribution in [1.29, 1.82) is 0 Å². The van der Waals surface area contributed by atoms with Crippen molar-refractivity contribution in [3.63, 3.8) is 0 Å². The molecule has 0 fully saturated rings. The number of carbonyl (C=O) groups is 2. The molecule has 1 aromatic rings. The van der Waals surface area contributed by atoms with Crippen molar-refractivity contribution in [2.75, 3.05) is 17.7 Å². The van der Waals surface area contributed by atoms with E-state index in [2.05, 4.69) is 5.32 Å². The Kier molecular flexibility index (Phi) is 5.79. The molecule has 0 aliphatic rings. The molecule has 1 rings (SSSR count). The van der Waals surface area contributed by atoms with E-state index in [0.29, 0.717) is 23.5 Å². The van der Waals surface area contributed by atoms with Gasteiger partial charge in [0.25, 0.3) is 0 Å². The lowest BCUT2D eigenvalue weighted by Crippen LogP contribution is -2.27. The molecule has 0 saturated carbocycles. The predicted molar refractivity (Wildman–Crippen MR) is 86.0 cm³/mol. The Morgan fingerprint density at radius 3 is 2.45 bits per heavy atom. The van der Waals surface area contributed by atoms with Gasteiger partial charge in [0.1, 0.15) is 5.60 Å². The van der Waals surface area contributed by atoms with Crippen LogP contribution in [0.3, 0.4) is 0 Å². The normalized spacial score (nSPS) is 11.0. The first-order valence-electron chi connectivity index (χ1n) is 7.21. The minimum absolute atomic E-state index is 0.236. The summed E-state index contributed by atoms with van der Waals surface area (Å²) in [4.78, 5) is 23.8. The topological polar surface area (TPSA) is 90.6 Å². The monoisotopic (exact) mass is 308 g/mol. The highest BCUT2D eigenvalue weighted by atomic mass is 16.6. The maximum absolute atomic E-state index is 12.0. The number of aryl methyl sites for hydroxylation is 1. The Bertz CT molecular complexity index is 562. The van der Waals surface area contributed by atoms with Gasteiger partial charge < -0.3 is 15.2 Å². The highest BCUT2D eigenvalue weighted by Crippen LogP contribution is 2.24. The summed E-state index contributed by atoms with van der Waals surface area (Å²) in [5.74, 6) is -0.504. The Hall–Kier alpha value is -2.24. The molecule has 6 heteroatoms. The van der Waals surface area contributed by atoms with E-state index in [1.54, 1.807) is 33.8 Å². The summed E-state index contributed by atoms with van der Waals surface area (Å²) in [7, 11) is 0. The van der Waals surface area contributed by atoms with E-state index in [1.807, 2.05) is 6.92 Å². The second kappa shape index (κ2) is 7.15. The van der Waals surface area contributed by atoms with E-state index < -0.39 is 17.7 Å². The fourth-order valence-electron chi connectivity index (χ4n) is 1.73. The summed E-state index contributed by atoms with van der Waals surface area (Å²) < 4.78 is 10.3. The molecule has 1 aromatic carbocycles. The molecule has 122 valence electrons. The quantitative estimate of drug-likeness (QED) is 0.656. The molecular formula is C16H24N2O4. The van der Waals surface area contributed by atoms with E-state index in [4.69, 9.17) is 15.2 Å². The van der Waals surface area contributed by atoms with Gasteiger partial charge in [-0.05, 0) is 51.8 Å². The van der Waals surface area contributed by atoms with Gasteiger partial charge in [0.2, 0.25) is 0 Å². The number of nitrogens with one attached hydrogen (secondary N) is 1. The molecule has 0 saturated heterocycles. The number of rotatable bonds is 4. The van der Waals surface area contributed by atoms with Gasteiger partial charge in [0, 0.05) is 11.4 Å². The zero-order valence-corrected chi connectivity index (χ0v) is 13.8. The number of nitrogen functional groups attached to an aromatic ring is 1. The number of amides is 1. The van der Waals surface area contributed by atoms with Crippen molar-refractivity contribution in [2.24, 2.45) is 0 Å². The maximum atomic E-state index is 12.0. The van der Waals surface area contributed by atoms with E-state index >= 15 is 0 Å². The fraction of sp³-hybridized carbons (Fsp3) is 0.500. The zero-order chi connectivity index (χ0) is 16.9. The molecule has 0 aliphatic heterocycles. The number of esters is 1. The van der Waals surface area contributed by atoms with Crippen LogP contribution < -0.4 is 11.1 Å². The van der Waals surface area contributed by atoms with Crippen molar-refractivity contribution in [3.8, 4) is 0 Å². The third kappa shape index (κ3) is 5.27. The number of hydrogen-bond acceptors (Lipinski definition) is 5. The molecule has 6 nitrogen and oxygen atoms in total. The number of ether oxygens (including phenoxy) is 2. The maximum Gasteiger partial charge on any atom is 0.412 e. The number of nitrogens with two attached hydrogens (primary N) is 1. The zero-order valence-electron chi connectivity index (χ0n) is 13.8. The molecule has 0 heterocycles. The van der Waals surface area contributed by atoms with Gasteiger partial charge in [-0.25, -0.2) is 9.59 Å². The highest BCUT2D eigenvalue weighted by Gasteiger charge is 2.18. The van der Waals surface area contributed by atoms with Gasteiger partial charge in [0.05, 0.1) is 12.2 Å². The highest BCUT2D eigenvalue weighted by molar-refractivity contribution is 5.98. The summed E-state index contributed by atoms with van der Waals surface area (Å²) in [6, 6.07) is 3.17. The van der Waals surface area contributed by atoms with E-state index in [0.717, 1.165) is 6.42 Å². The van der Waals surface area contributed by atoms with E-state index in [-0.39, 0.29) is 5.56 Å². The lowest BCUT2D eigenvalue weighted by atomic mass is 10.1. The molecule has 0 aliphatic carbocycles. The minimum atomic E-state index is -0.601. The van der Waals surface area contributed by atoms with Crippen molar-refractivity contribution in [3.05, 3.63) is 23.3 Å². The SMILES string of the molecule is CCCOC(=O)c1cc(NC(=O)OC(C)(C)C)cc(C)c1N. The van der Waals surface area contributed by atoms with Crippen LogP contribution in [0.5, 0.6) is 0 Å². The van der Waals surface area contributed by atoms with Crippen LogP contribution in [0.15, 0.2) is 12.1 Å². The third-order valence-corrected chi connectivity index (χ3v) is 2.69. The second-order valence-corrected chi connectivity index (χ2v) is 6.02. The van der Waals surface area contributed by atoms with E-state index in [9.17, 15) is 9.59 Å². The van der Waals surface area contributed by atoms with Gasteiger partial charge in [-0.3, -0.25) is 5.32 Å². The number of hydrogen-bond donors (Lipinski definition) is 2. The minimum Gasteiger partial charge on any atom is -0.462 e.